The molecule has 3 nitrogen and oxygen atoms in total. The maximum absolute atomic E-state index is 12.1. The number of nitrogens with zero attached hydrogens (tertiary/aromatic N) is 1. The molecule has 1 aromatic heterocycles. The summed E-state index contributed by atoms with van der Waals surface area (Å²) in [5.41, 5.74) is 2.18. The Hall–Kier alpha value is -1.58. The molecule has 1 heterocycles. The molecule has 0 bridgehead atoms. The lowest BCUT2D eigenvalue weighted by Crippen LogP contribution is -2.14. The van der Waals surface area contributed by atoms with Crippen LogP contribution in [-0.2, 0) is 6.54 Å². The Morgan fingerprint density at radius 3 is 3.00 bits per heavy atom. The molecule has 0 saturated heterocycles. The molecule has 0 radical (unpaired) electrons. The van der Waals surface area contributed by atoms with E-state index < -0.39 is 12.4 Å². The number of aromatic nitrogens is 1. The Morgan fingerprint density at radius 2 is 2.29 bits per heavy atom. The van der Waals surface area contributed by atoms with Crippen molar-refractivity contribution in [2.24, 2.45) is 0 Å². The predicted molar refractivity (Wildman–Crippen MR) is 51.2 cm³/mol. The topological polar surface area (TPSA) is 35.1 Å². The molecular formula is C10H10FNO2. The summed E-state index contributed by atoms with van der Waals surface area (Å²) < 4.78 is 18.4. The highest BCUT2D eigenvalue weighted by Gasteiger charge is 2.07. The number of hydrogen-bond donors (Lipinski definition) is 0. The second-order valence-corrected chi connectivity index (χ2v) is 3.18. The first-order valence-electron chi connectivity index (χ1n) is 4.38. The Balaban J connectivity index is 2.71. The molecule has 0 N–H and O–H groups in total. The standard InChI is InChI=1S/C10H10FNO2/c1-7-2-3-8-9(6-7)14-10(13)12(8)5-4-11/h2-3,6H,4-5H2,1H3. The van der Waals surface area contributed by atoms with Gasteiger partial charge in [0.1, 0.15) is 6.67 Å². The quantitative estimate of drug-likeness (QED) is 0.733. The Labute approximate surface area is 79.8 Å². The van der Waals surface area contributed by atoms with E-state index in [9.17, 15) is 9.18 Å². The lowest BCUT2D eigenvalue weighted by molar-refractivity contribution is 0.422. The first kappa shape index (κ1) is 8.99. The van der Waals surface area contributed by atoms with Crippen molar-refractivity contribution in [2.75, 3.05) is 6.67 Å². The van der Waals surface area contributed by atoms with E-state index >= 15 is 0 Å². The van der Waals surface area contributed by atoms with Crippen LogP contribution in [-0.4, -0.2) is 11.2 Å². The third-order valence-electron chi connectivity index (χ3n) is 2.13. The van der Waals surface area contributed by atoms with Crippen LogP contribution in [0.15, 0.2) is 27.4 Å². The number of hydrogen-bond acceptors (Lipinski definition) is 2. The molecule has 74 valence electrons. The summed E-state index contributed by atoms with van der Waals surface area (Å²) in [5.74, 6) is -0.497. The minimum absolute atomic E-state index is 0.0505. The van der Waals surface area contributed by atoms with Gasteiger partial charge in [0.15, 0.2) is 5.58 Å². The van der Waals surface area contributed by atoms with Crippen molar-refractivity contribution < 1.29 is 8.81 Å². The highest BCUT2D eigenvalue weighted by molar-refractivity contribution is 5.73. The Morgan fingerprint density at radius 1 is 1.50 bits per heavy atom. The molecule has 2 aromatic rings. The van der Waals surface area contributed by atoms with E-state index in [1.807, 2.05) is 13.0 Å². The van der Waals surface area contributed by atoms with Crippen molar-refractivity contribution >= 4 is 11.1 Å². The molecule has 0 atom stereocenters. The fourth-order valence-electron chi connectivity index (χ4n) is 1.47. The SMILES string of the molecule is Cc1ccc2c(c1)oc(=O)n2CCF. The number of rotatable bonds is 2. The summed E-state index contributed by atoms with van der Waals surface area (Å²) >= 11 is 0. The second kappa shape index (κ2) is 3.29. The first-order valence-corrected chi connectivity index (χ1v) is 4.38. The normalized spacial score (nSPS) is 11.0. The minimum Gasteiger partial charge on any atom is -0.408 e. The second-order valence-electron chi connectivity index (χ2n) is 3.18. The highest BCUT2D eigenvalue weighted by Crippen LogP contribution is 2.14. The van der Waals surface area contributed by atoms with E-state index in [0.717, 1.165) is 5.56 Å². The van der Waals surface area contributed by atoms with Gasteiger partial charge in [-0.15, -0.1) is 0 Å². The van der Waals surface area contributed by atoms with E-state index in [-0.39, 0.29) is 6.54 Å². The monoisotopic (exact) mass is 195 g/mol. The zero-order valence-electron chi connectivity index (χ0n) is 7.79. The molecule has 4 heteroatoms. The highest BCUT2D eigenvalue weighted by atomic mass is 19.1. The molecule has 0 fully saturated rings. The van der Waals surface area contributed by atoms with Crippen LogP contribution in [0.3, 0.4) is 0 Å². The summed E-state index contributed by atoms with van der Waals surface area (Å²) in [4.78, 5) is 11.3. The van der Waals surface area contributed by atoms with Crippen molar-refractivity contribution in [1.82, 2.24) is 4.57 Å². The van der Waals surface area contributed by atoms with Crippen molar-refractivity contribution in [1.29, 1.82) is 0 Å². The van der Waals surface area contributed by atoms with Crippen molar-refractivity contribution in [3.05, 3.63) is 34.3 Å². The average Bonchev–Trinajstić information content (AvgIpc) is 2.43. The Bertz CT molecular complexity index is 512. The molecular weight excluding hydrogens is 185 g/mol. The number of halogens is 1. The van der Waals surface area contributed by atoms with Crippen LogP contribution < -0.4 is 5.76 Å². The van der Waals surface area contributed by atoms with E-state index in [1.165, 1.54) is 4.57 Å². The van der Waals surface area contributed by atoms with Crippen LogP contribution in [0.25, 0.3) is 11.1 Å². The van der Waals surface area contributed by atoms with Gasteiger partial charge >= 0.3 is 5.76 Å². The van der Waals surface area contributed by atoms with E-state index in [4.69, 9.17) is 4.42 Å². The van der Waals surface area contributed by atoms with Gasteiger partial charge in [-0.1, -0.05) is 6.07 Å². The lowest BCUT2D eigenvalue weighted by Gasteiger charge is -1.96. The van der Waals surface area contributed by atoms with Crippen LogP contribution in [0.4, 0.5) is 4.39 Å². The zero-order chi connectivity index (χ0) is 10.1. The molecule has 0 unspecified atom stereocenters. The van der Waals surface area contributed by atoms with Crippen LogP contribution in [0, 0.1) is 6.92 Å². The van der Waals surface area contributed by atoms with Gasteiger partial charge in [0, 0.05) is 0 Å². The van der Waals surface area contributed by atoms with E-state index in [0.29, 0.717) is 11.1 Å². The zero-order valence-corrected chi connectivity index (χ0v) is 7.79. The minimum atomic E-state index is -0.567. The van der Waals surface area contributed by atoms with Crippen molar-refractivity contribution in [3.8, 4) is 0 Å². The smallest absolute Gasteiger partial charge is 0.408 e. The summed E-state index contributed by atoms with van der Waals surface area (Å²) in [6, 6.07) is 5.41. The van der Waals surface area contributed by atoms with Crippen LogP contribution in [0.5, 0.6) is 0 Å². The molecule has 1 aromatic carbocycles. The first-order chi connectivity index (χ1) is 6.72. The molecule has 0 amide bonds. The van der Waals surface area contributed by atoms with Crippen LogP contribution in [0.2, 0.25) is 0 Å². The summed E-state index contributed by atoms with van der Waals surface area (Å²) in [6.45, 7) is 1.39. The molecule has 0 aliphatic heterocycles. The molecule has 0 aliphatic carbocycles. The number of alkyl halides is 1. The number of aryl methyl sites for hydroxylation is 2. The Kier molecular flexibility index (Phi) is 2.11. The molecule has 0 spiro atoms. The van der Waals surface area contributed by atoms with Gasteiger partial charge in [0.25, 0.3) is 0 Å². The van der Waals surface area contributed by atoms with Crippen LogP contribution >= 0.6 is 0 Å². The predicted octanol–water partition coefficient (Wildman–Crippen LogP) is 1.87. The van der Waals surface area contributed by atoms with Gasteiger partial charge in [-0.25, -0.2) is 9.18 Å². The number of oxazole rings is 1. The van der Waals surface area contributed by atoms with Crippen molar-refractivity contribution in [2.45, 2.75) is 13.5 Å². The van der Waals surface area contributed by atoms with Gasteiger partial charge in [-0.3, -0.25) is 4.57 Å². The summed E-state index contributed by atoms with van der Waals surface area (Å²) in [6.07, 6.45) is 0. The van der Waals surface area contributed by atoms with Gasteiger partial charge in [-0.2, -0.15) is 0 Å². The summed E-state index contributed by atoms with van der Waals surface area (Å²) in [5, 5.41) is 0. The average molecular weight is 195 g/mol. The van der Waals surface area contributed by atoms with Gasteiger partial charge in [0.05, 0.1) is 12.1 Å². The van der Waals surface area contributed by atoms with E-state index in [1.54, 1.807) is 12.1 Å². The lowest BCUT2D eigenvalue weighted by atomic mass is 10.2. The molecule has 0 aliphatic rings. The van der Waals surface area contributed by atoms with Gasteiger partial charge in [-0.05, 0) is 24.6 Å². The molecule has 0 saturated carbocycles. The fourth-order valence-corrected chi connectivity index (χ4v) is 1.47. The largest absolute Gasteiger partial charge is 0.420 e. The maximum Gasteiger partial charge on any atom is 0.420 e. The third-order valence-corrected chi connectivity index (χ3v) is 2.13. The van der Waals surface area contributed by atoms with E-state index in [2.05, 4.69) is 0 Å². The van der Waals surface area contributed by atoms with Crippen LogP contribution in [0.1, 0.15) is 5.56 Å². The molecule has 14 heavy (non-hydrogen) atoms. The number of benzene rings is 1. The number of fused-ring (bicyclic) bond motifs is 1. The maximum atomic E-state index is 12.1. The van der Waals surface area contributed by atoms with Gasteiger partial charge < -0.3 is 4.42 Å². The van der Waals surface area contributed by atoms with Crippen molar-refractivity contribution in [3.63, 3.8) is 0 Å². The summed E-state index contributed by atoms with van der Waals surface area (Å²) in [7, 11) is 0. The van der Waals surface area contributed by atoms with Gasteiger partial charge in [0.2, 0.25) is 0 Å². The fraction of sp³-hybridized carbons (Fsp3) is 0.300. The third kappa shape index (κ3) is 1.32. The molecule has 2 rings (SSSR count).